The van der Waals surface area contributed by atoms with Gasteiger partial charge in [0, 0.05) is 25.0 Å². The number of rotatable bonds is 5. The molecule has 3 fully saturated rings. The molecular formula is C19H31Cl2N3OS. The van der Waals surface area contributed by atoms with Crippen LogP contribution >= 0.6 is 36.2 Å². The number of aromatic nitrogens is 1. The molecule has 1 aromatic rings. The molecule has 1 aromatic heterocycles. The first-order valence-electron chi connectivity index (χ1n) is 9.70. The van der Waals surface area contributed by atoms with E-state index in [0.29, 0.717) is 12.0 Å². The van der Waals surface area contributed by atoms with Gasteiger partial charge in [0.2, 0.25) is 0 Å². The van der Waals surface area contributed by atoms with Crippen molar-refractivity contribution in [2.75, 3.05) is 19.6 Å². The van der Waals surface area contributed by atoms with Crippen LogP contribution in [0.2, 0.25) is 0 Å². The summed E-state index contributed by atoms with van der Waals surface area (Å²) in [6.45, 7) is 4.96. The molecule has 2 saturated carbocycles. The molecule has 0 radical (unpaired) electrons. The summed E-state index contributed by atoms with van der Waals surface area (Å²) in [5.74, 6) is 1.75. The Morgan fingerprint density at radius 3 is 2.38 bits per heavy atom. The maximum Gasteiger partial charge on any atom is 0.265 e. The summed E-state index contributed by atoms with van der Waals surface area (Å²) in [5.41, 5.74) is 0.945. The normalized spacial score (nSPS) is 21.3. The van der Waals surface area contributed by atoms with E-state index in [-0.39, 0.29) is 30.7 Å². The van der Waals surface area contributed by atoms with Gasteiger partial charge in [0.25, 0.3) is 5.91 Å². The number of piperidine rings is 1. The molecule has 0 unspecified atom stereocenters. The highest BCUT2D eigenvalue weighted by atomic mass is 35.5. The molecule has 2 aliphatic carbocycles. The number of carbonyl (C=O) groups is 1. The number of aryl methyl sites for hydroxylation is 1. The molecule has 148 valence electrons. The molecule has 4 rings (SSSR count). The molecule has 0 spiro atoms. The number of carbonyl (C=O) groups excluding carboxylic acids is 1. The van der Waals surface area contributed by atoms with Gasteiger partial charge in [-0.2, -0.15) is 0 Å². The Hall–Kier alpha value is -0.360. The summed E-state index contributed by atoms with van der Waals surface area (Å²) in [6, 6.07) is 0.603. The SMILES string of the molecule is Cc1nc(C2CCCC2)sc1C(=O)N1CCC(NCC2CC2)CC1.Cl.Cl. The summed E-state index contributed by atoms with van der Waals surface area (Å²) in [4.78, 5) is 20.6. The van der Waals surface area contributed by atoms with Gasteiger partial charge in [0.05, 0.1) is 10.7 Å². The third-order valence-corrected chi connectivity index (χ3v) is 7.19. The van der Waals surface area contributed by atoms with Gasteiger partial charge in [0.1, 0.15) is 4.88 Å². The number of likely N-dealkylation sites (tertiary alicyclic amines) is 1. The van der Waals surface area contributed by atoms with Crippen molar-refractivity contribution >= 4 is 42.1 Å². The molecule has 2 heterocycles. The molecule has 7 heteroatoms. The number of hydrogen-bond donors (Lipinski definition) is 1. The van der Waals surface area contributed by atoms with E-state index < -0.39 is 0 Å². The van der Waals surface area contributed by atoms with Crippen LogP contribution in [0.4, 0.5) is 0 Å². The highest BCUT2D eigenvalue weighted by molar-refractivity contribution is 7.13. The lowest BCUT2D eigenvalue weighted by Crippen LogP contribution is -2.45. The molecule has 1 saturated heterocycles. The average Bonchev–Trinajstić information content (AvgIpc) is 3.10. The smallest absolute Gasteiger partial charge is 0.265 e. The van der Waals surface area contributed by atoms with E-state index in [1.807, 2.05) is 11.8 Å². The molecule has 1 N–H and O–H groups in total. The monoisotopic (exact) mass is 419 g/mol. The van der Waals surface area contributed by atoms with Gasteiger partial charge in [0.15, 0.2) is 0 Å². The Bertz CT molecular complexity index is 592. The van der Waals surface area contributed by atoms with Crippen molar-refractivity contribution in [3.05, 3.63) is 15.6 Å². The first kappa shape index (κ1) is 21.9. The quantitative estimate of drug-likeness (QED) is 0.760. The minimum atomic E-state index is 0. The van der Waals surface area contributed by atoms with Crippen LogP contribution in [0, 0.1) is 12.8 Å². The van der Waals surface area contributed by atoms with Crippen molar-refractivity contribution in [3.8, 4) is 0 Å². The summed E-state index contributed by atoms with van der Waals surface area (Å²) >= 11 is 1.66. The van der Waals surface area contributed by atoms with Crippen molar-refractivity contribution in [3.63, 3.8) is 0 Å². The third-order valence-electron chi connectivity index (χ3n) is 5.89. The summed E-state index contributed by atoms with van der Waals surface area (Å²) < 4.78 is 0. The van der Waals surface area contributed by atoms with Crippen LogP contribution in [0.3, 0.4) is 0 Å². The topological polar surface area (TPSA) is 45.2 Å². The standard InChI is InChI=1S/C19H29N3OS.2ClH/c1-13-17(24-18(21-13)15-4-2-3-5-15)19(23)22-10-8-16(9-11-22)20-12-14-6-7-14;;/h14-16,20H,2-12H2,1H3;2*1H. The van der Waals surface area contributed by atoms with Crippen LogP contribution in [-0.4, -0.2) is 41.5 Å². The number of thiazole rings is 1. The minimum Gasteiger partial charge on any atom is -0.338 e. The van der Waals surface area contributed by atoms with Crippen LogP contribution in [0.1, 0.15) is 77.7 Å². The Labute approximate surface area is 173 Å². The number of hydrogen-bond acceptors (Lipinski definition) is 4. The van der Waals surface area contributed by atoms with E-state index >= 15 is 0 Å². The van der Waals surface area contributed by atoms with Crippen LogP contribution in [-0.2, 0) is 0 Å². The highest BCUT2D eigenvalue weighted by Gasteiger charge is 2.29. The molecule has 0 bridgehead atoms. The Morgan fingerprint density at radius 2 is 1.77 bits per heavy atom. The van der Waals surface area contributed by atoms with Gasteiger partial charge < -0.3 is 10.2 Å². The molecule has 1 aliphatic heterocycles. The van der Waals surface area contributed by atoms with E-state index in [0.717, 1.165) is 42.4 Å². The Morgan fingerprint density at radius 1 is 1.12 bits per heavy atom. The highest BCUT2D eigenvalue weighted by Crippen LogP contribution is 2.37. The van der Waals surface area contributed by atoms with Gasteiger partial charge in [-0.05, 0) is 57.9 Å². The lowest BCUT2D eigenvalue weighted by atomic mass is 10.0. The van der Waals surface area contributed by atoms with Crippen LogP contribution in [0.15, 0.2) is 0 Å². The summed E-state index contributed by atoms with van der Waals surface area (Å²) in [7, 11) is 0. The average molecular weight is 420 g/mol. The van der Waals surface area contributed by atoms with Gasteiger partial charge >= 0.3 is 0 Å². The third kappa shape index (κ3) is 5.12. The number of amides is 1. The van der Waals surface area contributed by atoms with Crippen molar-refractivity contribution in [2.24, 2.45) is 5.92 Å². The van der Waals surface area contributed by atoms with E-state index in [1.165, 1.54) is 50.1 Å². The fourth-order valence-electron chi connectivity index (χ4n) is 4.05. The Kier molecular flexibility index (Phi) is 8.20. The van der Waals surface area contributed by atoms with E-state index in [4.69, 9.17) is 4.98 Å². The second-order valence-corrected chi connectivity index (χ2v) is 8.90. The van der Waals surface area contributed by atoms with Gasteiger partial charge in [-0.3, -0.25) is 4.79 Å². The lowest BCUT2D eigenvalue weighted by Gasteiger charge is -2.32. The predicted molar refractivity (Wildman–Crippen MR) is 112 cm³/mol. The lowest BCUT2D eigenvalue weighted by molar-refractivity contribution is 0.0709. The first-order valence-corrected chi connectivity index (χ1v) is 10.5. The first-order chi connectivity index (χ1) is 11.7. The van der Waals surface area contributed by atoms with Crippen molar-refractivity contribution in [1.82, 2.24) is 15.2 Å². The van der Waals surface area contributed by atoms with Crippen molar-refractivity contribution in [1.29, 1.82) is 0 Å². The molecule has 4 nitrogen and oxygen atoms in total. The van der Waals surface area contributed by atoms with Crippen LogP contribution < -0.4 is 5.32 Å². The molecule has 0 atom stereocenters. The zero-order valence-corrected chi connectivity index (χ0v) is 18.0. The van der Waals surface area contributed by atoms with Crippen molar-refractivity contribution < 1.29 is 4.79 Å². The number of nitrogens with one attached hydrogen (secondary N) is 1. The predicted octanol–water partition coefficient (Wildman–Crippen LogP) is 4.56. The molecule has 26 heavy (non-hydrogen) atoms. The Balaban J connectivity index is 0.00000121. The second-order valence-electron chi connectivity index (χ2n) is 7.87. The number of halogens is 2. The zero-order valence-electron chi connectivity index (χ0n) is 15.5. The van der Waals surface area contributed by atoms with Gasteiger partial charge in [-0.1, -0.05) is 12.8 Å². The molecule has 3 aliphatic rings. The van der Waals surface area contributed by atoms with E-state index in [1.54, 1.807) is 11.3 Å². The maximum atomic E-state index is 12.9. The fraction of sp³-hybridized carbons (Fsp3) is 0.789. The van der Waals surface area contributed by atoms with Crippen molar-refractivity contribution in [2.45, 2.75) is 70.3 Å². The van der Waals surface area contributed by atoms with Gasteiger partial charge in [-0.15, -0.1) is 36.2 Å². The van der Waals surface area contributed by atoms with E-state index in [2.05, 4.69) is 5.32 Å². The second kappa shape index (κ2) is 9.72. The minimum absolute atomic E-state index is 0. The summed E-state index contributed by atoms with van der Waals surface area (Å²) in [6.07, 6.45) is 10.1. The fourth-order valence-corrected chi connectivity index (χ4v) is 5.25. The van der Waals surface area contributed by atoms with E-state index in [9.17, 15) is 4.79 Å². The molecule has 1 amide bonds. The molecule has 0 aromatic carbocycles. The molecular weight excluding hydrogens is 389 g/mol. The van der Waals surface area contributed by atoms with Crippen LogP contribution in [0.5, 0.6) is 0 Å². The number of nitrogens with zero attached hydrogens (tertiary/aromatic N) is 2. The largest absolute Gasteiger partial charge is 0.338 e. The maximum absolute atomic E-state index is 12.9. The van der Waals surface area contributed by atoms with Crippen LogP contribution in [0.25, 0.3) is 0 Å². The summed E-state index contributed by atoms with van der Waals surface area (Å²) in [5, 5.41) is 4.89. The zero-order chi connectivity index (χ0) is 16.5. The van der Waals surface area contributed by atoms with Gasteiger partial charge in [-0.25, -0.2) is 4.98 Å².